The summed E-state index contributed by atoms with van der Waals surface area (Å²) in [7, 11) is 0. The Labute approximate surface area is 137 Å². The van der Waals surface area contributed by atoms with E-state index in [9.17, 15) is 9.90 Å². The van der Waals surface area contributed by atoms with Crippen LogP contribution in [0, 0.1) is 6.92 Å². The van der Waals surface area contributed by atoms with Crippen LogP contribution in [0.3, 0.4) is 0 Å². The summed E-state index contributed by atoms with van der Waals surface area (Å²) >= 11 is 6.92. The summed E-state index contributed by atoms with van der Waals surface area (Å²) in [5.41, 5.74) is 3.66. The summed E-state index contributed by atoms with van der Waals surface area (Å²) in [4.78, 5) is 16.8. The number of benzene rings is 2. The Bertz CT molecular complexity index is 883. The lowest BCUT2D eigenvalue weighted by molar-refractivity contribution is 0.219. The number of nitrogens with one attached hydrogen (secondary N) is 2. The Hall–Kier alpha value is -1.37. The molecule has 4 nitrogen and oxygen atoms in total. The zero-order chi connectivity index (χ0) is 15.1. The predicted octanol–water partition coefficient (Wildman–Crippen LogP) is 3.77. The SMILES string of the molecule is Cc1ccc(Br)c(C(O)c2cc3[nH]c(=O)[nH]c3cc2Br)c1. The van der Waals surface area contributed by atoms with Gasteiger partial charge in [0.1, 0.15) is 6.10 Å². The Morgan fingerprint density at radius 2 is 1.62 bits per heavy atom. The smallest absolute Gasteiger partial charge is 0.323 e. The van der Waals surface area contributed by atoms with Crippen LogP contribution >= 0.6 is 31.9 Å². The van der Waals surface area contributed by atoms with Crippen molar-refractivity contribution < 1.29 is 5.11 Å². The van der Waals surface area contributed by atoms with Gasteiger partial charge in [0.15, 0.2) is 0 Å². The van der Waals surface area contributed by atoms with Gasteiger partial charge in [0.25, 0.3) is 0 Å². The molecule has 1 atom stereocenters. The van der Waals surface area contributed by atoms with Crippen molar-refractivity contribution in [1.82, 2.24) is 9.97 Å². The Morgan fingerprint density at radius 3 is 2.33 bits per heavy atom. The van der Waals surface area contributed by atoms with E-state index in [0.29, 0.717) is 16.6 Å². The van der Waals surface area contributed by atoms with Crippen molar-refractivity contribution in [2.45, 2.75) is 13.0 Å². The second-order valence-electron chi connectivity index (χ2n) is 4.93. The third-order valence-electron chi connectivity index (χ3n) is 3.37. The van der Waals surface area contributed by atoms with Crippen LogP contribution in [0.2, 0.25) is 0 Å². The van der Waals surface area contributed by atoms with Gasteiger partial charge in [-0.15, -0.1) is 0 Å². The van der Waals surface area contributed by atoms with Crippen molar-refractivity contribution in [3.63, 3.8) is 0 Å². The molecule has 3 N–H and O–H groups in total. The van der Waals surface area contributed by atoms with Gasteiger partial charge < -0.3 is 15.1 Å². The summed E-state index contributed by atoms with van der Waals surface area (Å²) in [5.74, 6) is 0. The fourth-order valence-electron chi connectivity index (χ4n) is 2.32. The van der Waals surface area contributed by atoms with E-state index in [0.717, 1.165) is 20.1 Å². The van der Waals surface area contributed by atoms with Crippen LogP contribution in [0.1, 0.15) is 22.8 Å². The molecule has 1 heterocycles. The van der Waals surface area contributed by atoms with Crippen LogP contribution < -0.4 is 5.69 Å². The average Bonchev–Trinajstić information content (AvgIpc) is 2.79. The van der Waals surface area contributed by atoms with E-state index in [1.165, 1.54) is 0 Å². The molecule has 0 bridgehead atoms. The van der Waals surface area contributed by atoms with Gasteiger partial charge in [0.05, 0.1) is 11.0 Å². The molecular formula is C15H12Br2N2O2. The number of aromatic nitrogens is 2. The van der Waals surface area contributed by atoms with Crippen molar-refractivity contribution in [3.8, 4) is 0 Å². The van der Waals surface area contributed by atoms with E-state index >= 15 is 0 Å². The van der Waals surface area contributed by atoms with Gasteiger partial charge in [-0.05, 0) is 30.7 Å². The molecule has 0 fully saturated rings. The number of aryl methyl sites for hydroxylation is 1. The first-order valence-electron chi connectivity index (χ1n) is 6.31. The number of rotatable bonds is 2. The molecule has 1 unspecified atom stereocenters. The molecule has 6 heteroatoms. The first-order chi connectivity index (χ1) is 9.95. The minimum absolute atomic E-state index is 0.264. The summed E-state index contributed by atoms with van der Waals surface area (Å²) < 4.78 is 1.58. The van der Waals surface area contributed by atoms with Crippen molar-refractivity contribution >= 4 is 42.9 Å². The Balaban J connectivity index is 2.16. The van der Waals surface area contributed by atoms with E-state index in [1.807, 2.05) is 25.1 Å². The summed E-state index contributed by atoms with van der Waals surface area (Å²) in [5, 5.41) is 10.7. The van der Waals surface area contributed by atoms with E-state index in [-0.39, 0.29) is 5.69 Å². The molecule has 108 valence electrons. The number of fused-ring (bicyclic) bond motifs is 1. The molecule has 3 aromatic rings. The minimum Gasteiger partial charge on any atom is -0.384 e. The van der Waals surface area contributed by atoms with Gasteiger partial charge in [-0.1, -0.05) is 49.6 Å². The molecule has 0 radical (unpaired) electrons. The molecule has 3 rings (SSSR count). The molecule has 0 saturated carbocycles. The molecule has 0 aliphatic rings. The van der Waals surface area contributed by atoms with Gasteiger partial charge in [-0.2, -0.15) is 0 Å². The van der Waals surface area contributed by atoms with Crippen LogP contribution in [0.5, 0.6) is 0 Å². The number of hydrogen-bond donors (Lipinski definition) is 3. The lowest BCUT2D eigenvalue weighted by atomic mass is 9.99. The van der Waals surface area contributed by atoms with Crippen molar-refractivity contribution in [3.05, 3.63) is 66.5 Å². The fourth-order valence-corrected chi connectivity index (χ4v) is 3.35. The molecule has 0 aliphatic heterocycles. The van der Waals surface area contributed by atoms with E-state index in [1.54, 1.807) is 12.1 Å². The van der Waals surface area contributed by atoms with E-state index in [2.05, 4.69) is 41.8 Å². The number of H-pyrrole nitrogens is 2. The molecule has 0 saturated heterocycles. The van der Waals surface area contributed by atoms with Crippen LogP contribution in [0.15, 0.2) is 44.1 Å². The second kappa shape index (κ2) is 5.44. The van der Waals surface area contributed by atoms with Crippen LogP contribution in [-0.4, -0.2) is 15.1 Å². The van der Waals surface area contributed by atoms with Crippen molar-refractivity contribution in [2.75, 3.05) is 0 Å². The number of aliphatic hydroxyl groups is 1. The maximum Gasteiger partial charge on any atom is 0.323 e. The van der Waals surface area contributed by atoms with Crippen molar-refractivity contribution in [2.24, 2.45) is 0 Å². The highest BCUT2D eigenvalue weighted by Gasteiger charge is 2.18. The number of aromatic amines is 2. The molecule has 0 amide bonds. The van der Waals surface area contributed by atoms with Crippen LogP contribution in [0.25, 0.3) is 11.0 Å². The number of hydrogen-bond acceptors (Lipinski definition) is 2. The number of halogens is 2. The quantitative estimate of drug-likeness (QED) is 0.600. The minimum atomic E-state index is -0.795. The highest BCUT2D eigenvalue weighted by atomic mass is 79.9. The summed E-state index contributed by atoms with van der Waals surface area (Å²) in [6.45, 7) is 1.98. The Morgan fingerprint density at radius 1 is 1.00 bits per heavy atom. The predicted molar refractivity (Wildman–Crippen MR) is 89.6 cm³/mol. The van der Waals surface area contributed by atoms with Gasteiger partial charge >= 0.3 is 5.69 Å². The molecule has 1 aromatic heterocycles. The van der Waals surface area contributed by atoms with Gasteiger partial charge in [0, 0.05) is 14.5 Å². The largest absolute Gasteiger partial charge is 0.384 e. The van der Waals surface area contributed by atoms with Crippen LogP contribution in [0.4, 0.5) is 0 Å². The van der Waals surface area contributed by atoms with E-state index in [4.69, 9.17) is 0 Å². The second-order valence-corrected chi connectivity index (χ2v) is 6.63. The topological polar surface area (TPSA) is 68.9 Å². The highest BCUT2D eigenvalue weighted by Crippen LogP contribution is 2.34. The normalized spacial score (nSPS) is 12.8. The fraction of sp³-hybridized carbons (Fsp3) is 0.133. The maximum atomic E-state index is 11.4. The zero-order valence-electron chi connectivity index (χ0n) is 11.1. The third-order valence-corrected chi connectivity index (χ3v) is 4.78. The van der Waals surface area contributed by atoms with Crippen LogP contribution in [-0.2, 0) is 0 Å². The first kappa shape index (κ1) is 14.6. The Kier molecular flexibility index (Phi) is 3.77. The third kappa shape index (κ3) is 2.71. The maximum absolute atomic E-state index is 11.4. The molecule has 2 aromatic carbocycles. The summed E-state index contributed by atoms with van der Waals surface area (Å²) in [6.07, 6.45) is -0.795. The van der Waals surface area contributed by atoms with Gasteiger partial charge in [0.2, 0.25) is 0 Å². The zero-order valence-corrected chi connectivity index (χ0v) is 14.2. The first-order valence-corrected chi connectivity index (χ1v) is 7.90. The van der Waals surface area contributed by atoms with Gasteiger partial charge in [-0.25, -0.2) is 4.79 Å². The summed E-state index contributed by atoms with van der Waals surface area (Å²) in [6, 6.07) is 9.39. The molecule has 0 aliphatic carbocycles. The lowest BCUT2D eigenvalue weighted by Gasteiger charge is -2.16. The van der Waals surface area contributed by atoms with Crippen molar-refractivity contribution in [1.29, 1.82) is 0 Å². The standard InChI is InChI=1S/C15H12Br2N2O2/c1-7-2-3-10(16)8(4-7)14(20)9-5-12-13(6-11(9)17)19-15(21)18-12/h2-6,14,20H,1H3,(H2,18,19,21). The molecule has 21 heavy (non-hydrogen) atoms. The number of imidazole rings is 1. The number of aliphatic hydroxyl groups excluding tert-OH is 1. The highest BCUT2D eigenvalue weighted by molar-refractivity contribution is 9.10. The lowest BCUT2D eigenvalue weighted by Crippen LogP contribution is -2.02. The molecule has 0 spiro atoms. The van der Waals surface area contributed by atoms with Gasteiger partial charge in [-0.3, -0.25) is 0 Å². The average molecular weight is 412 g/mol. The van der Waals surface area contributed by atoms with E-state index < -0.39 is 6.10 Å². The monoisotopic (exact) mass is 410 g/mol. The molecular weight excluding hydrogens is 400 g/mol.